The van der Waals surface area contributed by atoms with Crippen molar-refractivity contribution < 1.29 is 19.1 Å². The largest absolute Gasteiger partial charge is 0.379 e. The van der Waals surface area contributed by atoms with Gasteiger partial charge in [-0.1, -0.05) is 36.4 Å². The Kier molecular flexibility index (Phi) is 12.3. The SMILES string of the molecule is Cc1c(-c2cccc(C3c4sc(C(N)=O)nc4CCN3CCCN3CCOCC3)c2C)cccc1C1c2sc(C(N)=O)nc2CCN1CCCN1CCOCC1. The van der Waals surface area contributed by atoms with Gasteiger partial charge in [-0.25, -0.2) is 9.97 Å². The second-order valence-corrected chi connectivity index (χ2v) is 17.5. The van der Waals surface area contributed by atoms with Crippen molar-refractivity contribution in [2.45, 2.75) is 51.6 Å². The molecular formula is C42H54N8O4S2. The van der Waals surface area contributed by atoms with E-state index in [9.17, 15) is 9.59 Å². The van der Waals surface area contributed by atoms with Crippen molar-refractivity contribution in [3.63, 3.8) is 0 Å². The van der Waals surface area contributed by atoms with Gasteiger partial charge in [0.05, 0.1) is 59.7 Å². The van der Waals surface area contributed by atoms with Crippen LogP contribution >= 0.6 is 22.7 Å². The molecule has 0 aliphatic carbocycles. The Morgan fingerprint density at radius 1 is 0.643 bits per heavy atom. The summed E-state index contributed by atoms with van der Waals surface area (Å²) in [5, 5.41) is 0.771. The highest BCUT2D eigenvalue weighted by atomic mass is 32.1. The lowest BCUT2D eigenvalue weighted by molar-refractivity contribution is 0.0355. The number of thiazole rings is 2. The number of carbonyl (C=O) groups excluding carboxylic acids is 2. The highest BCUT2D eigenvalue weighted by molar-refractivity contribution is 7.14. The standard InChI is InChI=1S/C42H54N8O4S2/c1-27-29(7-3-9-31(27)35-37-33(45-41(55-37)39(43)51)11-17-49(35)15-5-13-47-19-23-53-24-20-47)30-8-4-10-32(28(30)2)36-38-34(46-42(56-38)40(44)52)12-18-50(36)16-6-14-48-21-25-54-26-22-48/h3-4,7-10,35-36H,5-6,11-26H2,1-2H3,(H2,43,51)(H2,44,52). The Morgan fingerprint density at radius 2 is 1.05 bits per heavy atom. The second kappa shape index (κ2) is 17.5. The summed E-state index contributed by atoms with van der Waals surface area (Å²) in [6.45, 7) is 17.3. The number of ether oxygens (including phenoxy) is 2. The van der Waals surface area contributed by atoms with Crippen LogP contribution in [0.3, 0.4) is 0 Å². The minimum absolute atomic E-state index is 0.0234. The number of carbonyl (C=O) groups is 2. The van der Waals surface area contributed by atoms with Gasteiger partial charge in [0.2, 0.25) is 0 Å². The van der Waals surface area contributed by atoms with Crippen molar-refractivity contribution >= 4 is 34.5 Å². The summed E-state index contributed by atoms with van der Waals surface area (Å²) < 4.78 is 11.2. The maximum atomic E-state index is 12.4. The zero-order chi connectivity index (χ0) is 38.8. The lowest BCUT2D eigenvalue weighted by Crippen LogP contribution is -2.40. The predicted molar refractivity (Wildman–Crippen MR) is 221 cm³/mol. The van der Waals surface area contributed by atoms with E-state index < -0.39 is 11.8 Å². The molecule has 2 atom stereocenters. The number of morpholine rings is 2. The summed E-state index contributed by atoms with van der Waals surface area (Å²) in [4.78, 5) is 46.6. The Balaban J connectivity index is 1.13. The number of hydrogen-bond donors (Lipinski definition) is 2. The van der Waals surface area contributed by atoms with E-state index in [1.165, 1.54) is 56.1 Å². The first-order chi connectivity index (χ1) is 27.3. The van der Waals surface area contributed by atoms with E-state index >= 15 is 0 Å². The smallest absolute Gasteiger partial charge is 0.277 e. The summed E-state index contributed by atoms with van der Waals surface area (Å²) in [5.41, 5.74) is 20.9. The quantitative estimate of drug-likeness (QED) is 0.200. The molecule has 56 heavy (non-hydrogen) atoms. The zero-order valence-corrected chi connectivity index (χ0v) is 34.3. The maximum Gasteiger partial charge on any atom is 0.277 e. The molecular weight excluding hydrogens is 745 g/mol. The van der Waals surface area contributed by atoms with Crippen molar-refractivity contribution in [3.05, 3.63) is 89.8 Å². The second-order valence-electron chi connectivity index (χ2n) is 15.4. The molecule has 2 aromatic carbocycles. The van der Waals surface area contributed by atoms with Crippen molar-refractivity contribution in [1.29, 1.82) is 0 Å². The maximum absolute atomic E-state index is 12.4. The van der Waals surface area contributed by atoms with Gasteiger partial charge < -0.3 is 20.9 Å². The van der Waals surface area contributed by atoms with E-state index in [0.717, 1.165) is 139 Å². The highest BCUT2D eigenvalue weighted by Crippen LogP contribution is 2.45. The lowest BCUT2D eigenvalue weighted by Gasteiger charge is -2.38. The third-order valence-electron chi connectivity index (χ3n) is 12.1. The van der Waals surface area contributed by atoms with Gasteiger partial charge >= 0.3 is 0 Å². The number of benzene rings is 2. The summed E-state index contributed by atoms with van der Waals surface area (Å²) in [6, 6.07) is 13.3. The van der Waals surface area contributed by atoms with Crippen molar-refractivity contribution in [1.82, 2.24) is 29.6 Å². The molecule has 2 unspecified atom stereocenters. The number of amides is 2. The number of nitrogens with two attached hydrogens (primary N) is 2. The minimum atomic E-state index is -0.468. The van der Waals surface area contributed by atoms with E-state index in [-0.39, 0.29) is 12.1 Å². The Bertz CT molecular complexity index is 1890. The van der Waals surface area contributed by atoms with Crippen LogP contribution in [0.2, 0.25) is 0 Å². The summed E-state index contributed by atoms with van der Waals surface area (Å²) in [5.74, 6) is -0.936. The molecule has 12 nitrogen and oxygen atoms in total. The van der Waals surface area contributed by atoms with E-state index in [0.29, 0.717) is 10.0 Å². The Labute approximate surface area is 337 Å². The van der Waals surface area contributed by atoms with E-state index in [4.69, 9.17) is 30.9 Å². The van der Waals surface area contributed by atoms with Gasteiger partial charge in [0, 0.05) is 65.2 Å². The van der Waals surface area contributed by atoms with E-state index in [1.807, 2.05) is 0 Å². The minimum Gasteiger partial charge on any atom is -0.379 e. The van der Waals surface area contributed by atoms with E-state index in [2.05, 4.69) is 69.8 Å². The van der Waals surface area contributed by atoms with Crippen LogP contribution in [0.15, 0.2) is 36.4 Å². The molecule has 14 heteroatoms. The molecule has 4 aliphatic heterocycles. The number of primary amides is 2. The van der Waals surface area contributed by atoms with E-state index in [1.54, 1.807) is 0 Å². The monoisotopic (exact) mass is 798 g/mol. The average Bonchev–Trinajstić information content (AvgIpc) is 3.85. The summed E-state index contributed by atoms with van der Waals surface area (Å²) in [6.07, 6.45) is 3.70. The lowest BCUT2D eigenvalue weighted by atomic mass is 9.85. The Morgan fingerprint density at radius 3 is 1.45 bits per heavy atom. The fourth-order valence-electron chi connectivity index (χ4n) is 9.10. The van der Waals surface area contributed by atoms with Crippen LogP contribution in [0.1, 0.15) is 87.9 Å². The van der Waals surface area contributed by atoms with Crippen molar-refractivity contribution in [3.8, 4) is 11.1 Å². The first kappa shape index (κ1) is 39.2. The fraction of sp³-hybridized carbons (Fsp3) is 0.524. The number of aromatic nitrogens is 2. The van der Waals surface area contributed by atoms with Crippen molar-refractivity contribution in [2.75, 3.05) is 91.9 Å². The van der Waals surface area contributed by atoms with Crippen LogP contribution in [-0.2, 0) is 22.3 Å². The molecule has 0 saturated carbocycles. The van der Waals surface area contributed by atoms with Crippen LogP contribution < -0.4 is 11.5 Å². The first-order valence-corrected chi connectivity index (χ1v) is 21.8. The first-order valence-electron chi connectivity index (χ1n) is 20.1. The van der Waals surface area contributed by atoms with Crippen LogP contribution in [0, 0.1) is 13.8 Å². The molecule has 0 spiro atoms. The molecule has 6 heterocycles. The topological polar surface area (TPSA) is 143 Å². The number of fused-ring (bicyclic) bond motifs is 2. The van der Waals surface area contributed by atoms with Gasteiger partial charge in [-0.15, -0.1) is 22.7 Å². The summed E-state index contributed by atoms with van der Waals surface area (Å²) >= 11 is 2.91. The zero-order valence-electron chi connectivity index (χ0n) is 32.6. The number of nitrogens with zero attached hydrogens (tertiary/aromatic N) is 6. The molecule has 0 bridgehead atoms. The van der Waals surface area contributed by atoms with Gasteiger partial charge in [0.1, 0.15) is 0 Å². The molecule has 2 aromatic heterocycles. The van der Waals surface area contributed by atoms with Crippen molar-refractivity contribution in [2.24, 2.45) is 11.5 Å². The van der Waals surface area contributed by atoms with Gasteiger partial charge in [0.25, 0.3) is 11.8 Å². The molecule has 4 aliphatic rings. The fourth-order valence-corrected chi connectivity index (χ4v) is 11.3. The molecule has 2 amide bonds. The number of rotatable bonds is 13. The third-order valence-corrected chi connectivity index (χ3v) is 14.4. The normalized spacial score (nSPS) is 21.2. The van der Waals surface area contributed by atoms with Gasteiger partial charge in [-0.05, 0) is 73.2 Å². The molecule has 8 rings (SSSR count). The van der Waals surface area contributed by atoms with Crippen LogP contribution in [0.25, 0.3) is 11.1 Å². The molecule has 0 radical (unpaired) electrons. The van der Waals surface area contributed by atoms with Crippen LogP contribution in [-0.4, -0.2) is 133 Å². The molecule has 4 N–H and O–H groups in total. The average molecular weight is 799 g/mol. The molecule has 298 valence electrons. The molecule has 2 fully saturated rings. The van der Waals surface area contributed by atoms with Gasteiger partial charge in [-0.2, -0.15) is 0 Å². The summed E-state index contributed by atoms with van der Waals surface area (Å²) in [7, 11) is 0. The van der Waals surface area contributed by atoms with Crippen LogP contribution in [0.5, 0.6) is 0 Å². The predicted octanol–water partition coefficient (Wildman–Crippen LogP) is 4.42. The van der Waals surface area contributed by atoms with Gasteiger partial charge in [0.15, 0.2) is 10.0 Å². The number of hydrogen-bond acceptors (Lipinski definition) is 12. The molecule has 2 saturated heterocycles. The van der Waals surface area contributed by atoms with Crippen LogP contribution in [0.4, 0.5) is 0 Å². The van der Waals surface area contributed by atoms with Gasteiger partial charge in [-0.3, -0.25) is 29.2 Å². The third kappa shape index (κ3) is 8.21. The highest BCUT2D eigenvalue weighted by Gasteiger charge is 2.36. The Hall–Kier alpha value is -3.60. The molecule has 4 aromatic rings.